The van der Waals surface area contributed by atoms with Crippen molar-refractivity contribution >= 4 is 34.5 Å². The Balaban J connectivity index is 2.24. The first kappa shape index (κ1) is 15.2. The molecule has 0 aliphatic carbocycles. The van der Waals surface area contributed by atoms with Crippen molar-refractivity contribution in [3.05, 3.63) is 68.7 Å². The van der Waals surface area contributed by atoms with Crippen molar-refractivity contribution in [3.8, 4) is 0 Å². The molecule has 23 heavy (non-hydrogen) atoms. The molecule has 0 bridgehead atoms. The Morgan fingerprint density at radius 2 is 2.04 bits per heavy atom. The average Bonchev–Trinajstić information content (AvgIpc) is 2.73. The van der Waals surface area contributed by atoms with E-state index in [4.69, 9.17) is 11.6 Å². The number of nitro groups is 1. The predicted molar refractivity (Wildman–Crippen MR) is 92.0 cm³/mol. The van der Waals surface area contributed by atoms with Gasteiger partial charge in [0.05, 0.1) is 17.2 Å². The Morgan fingerprint density at radius 1 is 1.26 bits per heavy atom. The molecule has 0 radical (unpaired) electrons. The summed E-state index contributed by atoms with van der Waals surface area (Å²) in [5.74, 6) is 0.683. The highest BCUT2D eigenvalue weighted by atomic mass is 35.5. The lowest BCUT2D eigenvalue weighted by Crippen LogP contribution is -2.14. The van der Waals surface area contributed by atoms with Gasteiger partial charge >= 0.3 is 0 Å². The van der Waals surface area contributed by atoms with Crippen LogP contribution in [0.5, 0.6) is 0 Å². The standard InChI is InChI=1S/C16H13ClN4O2/c1-18-15-9-19-16(11-4-2-3-5-13(11)17)12-8-10(21(22)23)6-7-14(12)20-15/h2-8H,9H2,1H3,(H,18,20). The molecule has 1 heterocycles. The molecule has 2 aromatic rings. The summed E-state index contributed by atoms with van der Waals surface area (Å²) in [6.45, 7) is 0.347. The van der Waals surface area contributed by atoms with Gasteiger partial charge in [0.1, 0.15) is 5.84 Å². The monoisotopic (exact) mass is 328 g/mol. The molecule has 0 unspecified atom stereocenters. The van der Waals surface area contributed by atoms with Crippen LogP contribution in [0.3, 0.4) is 0 Å². The van der Waals surface area contributed by atoms with Gasteiger partial charge in [0.25, 0.3) is 5.69 Å². The maximum absolute atomic E-state index is 11.1. The highest BCUT2D eigenvalue weighted by Crippen LogP contribution is 2.29. The van der Waals surface area contributed by atoms with E-state index in [0.29, 0.717) is 34.4 Å². The van der Waals surface area contributed by atoms with Crippen molar-refractivity contribution in [2.45, 2.75) is 0 Å². The second-order valence-electron chi connectivity index (χ2n) is 4.93. The number of halogens is 1. The summed E-state index contributed by atoms with van der Waals surface area (Å²) in [4.78, 5) is 19.4. The number of benzene rings is 2. The molecule has 0 saturated heterocycles. The number of anilines is 1. The second-order valence-corrected chi connectivity index (χ2v) is 5.33. The zero-order chi connectivity index (χ0) is 16.4. The number of nitrogens with zero attached hydrogens (tertiary/aromatic N) is 3. The van der Waals surface area contributed by atoms with Crippen LogP contribution < -0.4 is 5.32 Å². The third kappa shape index (κ3) is 2.93. The van der Waals surface area contributed by atoms with Gasteiger partial charge in [0.2, 0.25) is 0 Å². The number of hydrogen-bond acceptors (Lipinski definition) is 4. The van der Waals surface area contributed by atoms with Crippen LogP contribution in [0.15, 0.2) is 52.4 Å². The van der Waals surface area contributed by atoms with Gasteiger partial charge in [-0.3, -0.25) is 20.1 Å². The first-order chi connectivity index (χ1) is 11.1. The fourth-order valence-electron chi connectivity index (χ4n) is 2.39. The fourth-order valence-corrected chi connectivity index (χ4v) is 2.62. The van der Waals surface area contributed by atoms with Gasteiger partial charge in [-0.2, -0.15) is 0 Å². The number of fused-ring (bicyclic) bond motifs is 1. The van der Waals surface area contributed by atoms with E-state index >= 15 is 0 Å². The summed E-state index contributed by atoms with van der Waals surface area (Å²) in [6, 6.07) is 11.9. The molecular formula is C16H13ClN4O2. The lowest BCUT2D eigenvalue weighted by molar-refractivity contribution is -0.384. The van der Waals surface area contributed by atoms with E-state index in [0.717, 1.165) is 5.56 Å². The van der Waals surface area contributed by atoms with E-state index in [1.807, 2.05) is 18.2 Å². The van der Waals surface area contributed by atoms with Crippen molar-refractivity contribution in [3.63, 3.8) is 0 Å². The lowest BCUT2D eigenvalue weighted by atomic mass is 10.00. The first-order valence-electron chi connectivity index (χ1n) is 6.91. The SMILES string of the molecule is CN=C1CN=C(c2ccccc2Cl)c2cc([N+](=O)[O-])ccc2N1. The van der Waals surface area contributed by atoms with Crippen LogP contribution in [0.25, 0.3) is 0 Å². The molecule has 1 N–H and O–H groups in total. The maximum Gasteiger partial charge on any atom is 0.270 e. The molecular weight excluding hydrogens is 316 g/mol. The van der Waals surface area contributed by atoms with E-state index in [2.05, 4.69) is 15.3 Å². The maximum atomic E-state index is 11.1. The van der Waals surface area contributed by atoms with Crippen molar-refractivity contribution in [2.24, 2.45) is 9.98 Å². The van der Waals surface area contributed by atoms with Gasteiger partial charge < -0.3 is 5.32 Å². The van der Waals surface area contributed by atoms with Crippen LogP contribution in [-0.2, 0) is 0 Å². The number of nitro benzene ring substituents is 1. The summed E-state index contributed by atoms with van der Waals surface area (Å²) >= 11 is 6.28. The van der Waals surface area contributed by atoms with Gasteiger partial charge in [-0.15, -0.1) is 0 Å². The number of aliphatic imine (C=N–C) groups is 2. The summed E-state index contributed by atoms with van der Waals surface area (Å²) in [5, 5.41) is 14.8. The Morgan fingerprint density at radius 3 is 2.74 bits per heavy atom. The third-order valence-electron chi connectivity index (χ3n) is 3.53. The van der Waals surface area contributed by atoms with Gasteiger partial charge in [-0.05, 0) is 12.1 Å². The van der Waals surface area contributed by atoms with E-state index in [-0.39, 0.29) is 5.69 Å². The molecule has 0 fully saturated rings. The molecule has 0 saturated carbocycles. The summed E-state index contributed by atoms with van der Waals surface area (Å²) in [6.07, 6.45) is 0. The van der Waals surface area contributed by atoms with Crippen LogP contribution in [-0.4, -0.2) is 30.1 Å². The Hall–Kier alpha value is -2.73. The number of nitrogens with one attached hydrogen (secondary N) is 1. The summed E-state index contributed by atoms with van der Waals surface area (Å²) in [5.41, 5.74) is 2.69. The number of hydrogen-bond donors (Lipinski definition) is 1. The Labute approximate surface area is 137 Å². The molecule has 0 spiro atoms. The fraction of sp³-hybridized carbons (Fsp3) is 0.125. The van der Waals surface area contributed by atoms with Gasteiger partial charge in [0.15, 0.2) is 0 Å². The zero-order valence-corrected chi connectivity index (χ0v) is 13.0. The lowest BCUT2D eigenvalue weighted by Gasteiger charge is -2.11. The molecule has 1 aliphatic rings. The predicted octanol–water partition coefficient (Wildman–Crippen LogP) is 3.54. The number of non-ortho nitro benzene ring substituents is 1. The van der Waals surface area contributed by atoms with Crippen LogP contribution in [0.2, 0.25) is 5.02 Å². The molecule has 3 rings (SSSR count). The molecule has 1 aliphatic heterocycles. The highest BCUT2D eigenvalue weighted by molar-refractivity contribution is 6.36. The van der Waals surface area contributed by atoms with Crippen molar-refractivity contribution in [2.75, 3.05) is 18.9 Å². The largest absolute Gasteiger partial charge is 0.342 e. The van der Waals surface area contributed by atoms with E-state index in [1.54, 1.807) is 19.2 Å². The van der Waals surface area contributed by atoms with Crippen LogP contribution in [0.4, 0.5) is 11.4 Å². The van der Waals surface area contributed by atoms with E-state index in [9.17, 15) is 10.1 Å². The van der Waals surface area contributed by atoms with Crippen LogP contribution >= 0.6 is 11.6 Å². The zero-order valence-electron chi connectivity index (χ0n) is 12.3. The molecule has 0 aromatic heterocycles. The van der Waals surface area contributed by atoms with Crippen molar-refractivity contribution in [1.82, 2.24) is 0 Å². The molecule has 2 aromatic carbocycles. The van der Waals surface area contributed by atoms with E-state index in [1.165, 1.54) is 12.1 Å². The minimum absolute atomic E-state index is 0.00203. The smallest absolute Gasteiger partial charge is 0.270 e. The number of amidine groups is 1. The second kappa shape index (κ2) is 6.18. The minimum Gasteiger partial charge on any atom is -0.342 e. The molecule has 0 amide bonds. The minimum atomic E-state index is -0.426. The van der Waals surface area contributed by atoms with Crippen LogP contribution in [0.1, 0.15) is 11.1 Å². The quantitative estimate of drug-likeness (QED) is 0.676. The highest BCUT2D eigenvalue weighted by Gasteiger charge is 2.21. The van der Waals surface area contributed by atoms with Gasteiger partial charge in [0, 0.05) is 41.0 Å². The van der Waals surface area contributed by atoms with Gasteiger partial charge in [-0.1, -0.05) is 29.8 Å². The summed E-state index contributed by atoms with van der Waals surface area (Å²) in [7, 11) is 1.67. The summed E-state index contributed by atoms with van der Waals surface area (Å²) < 4.78 is 0. The Bertz CT molecular complexity index is 846. The van der Waals surface area contributed by atoms with Crippen molar-refractivity contribution in [1.29, 1.82) is 0 Å². The Kier molecular flexibility index (Phi) is 4.08. The number of rotatable bonds is 2. The number of benzodiazepines with no additional fused rings is 1. The van der Waals surface area contributed by atoms with Crippen LogP contribution in [0, 0.1) is 10.1 Å². The van der Waals surface area contributed by atoms with E-state index < -0.39 is 4.92 Å². The molecule has 7 heteroatoms. The topological polar surface area (TPSA) is 79.9 Å². The van der Waals surface area contributed by atoms with Crippen molar-refractivity contribution < 1.29 is 4.92 Å². The molecule has 116 valence electrons. The average molecular weight is 329 g/mol. The normalized spacial score (nSPS) is 15.4. The molecule has 6 nitrogen and oxygen atoms in total. The first-order valence-corrected chi connectivity index (χ1v) is 7.29. The molecule has 0 atom stereocenters. The third-order valence-corrected chi connectivity index (χ3v) is 3.86. The van der Waals surface area contributed by atoms with Gasteiger partial charge in [-0.25, -0.2) is 0 Å².